The maximum absolute atomic E-state index is 9.49. The Balaban J connectivity index is 2.04. The molecule has 18 heavy (non-hydrogen) atoms. The van der Waals surface area contributed by atoms with E-state index in [1.165, 1.54) is 0 Å². The molecule has 0 saturated heterocycles. The van der Waals surface area contributed by atoms with Crippen molar-refractivity contribution in [2.75, 3.05) is 0 Å². The summed E-state index contributed by atoms with van der Waals surface area (Å²) in [7, 11) is 0. The normalized spacial score (nSPS) is 11.2. The summed E-state index contributed by atoms with van der Waals surface area (Å²) in [5.74, 6) is 0. The van der Waals surface area contributed by atoms with Crippen LogP contribution in [0.4, 0.5) is 0 Å². The second-order valence-electron chi connectivity index (χ2n) is 3.61. The topological polar surface area (TPSA) is 37.5 Å². The van der Waals surface area contributed by atoms with Crippen molar-refractivity contribution in [1.82, 2.24) is 9.38 Å². The Morgan fingerprint density at radius 3 is 3.00 bits per heavy atom. The molecule has 2 heterocycles. The van der Waals surface area contributed by atoms with Crippen molar-refractivity contribution < 1.29 is 5.11 Å². The van der Waals surface area contributed by atoms with E-state index in [1.807, 2.05) is 40.2 Å². The molecule has 0 atom stereocenters. The van der Waals surface area contributed by atoms with E-state index in [2.05, 4.69) is 20.9 Å². The predicted octanol–water partition coefficient (Wildman–Crippen LogP) is 3.80. The lowest BCUT2D eigenvalue weighted by molar-refractivity contribution is 0.272. The number of fused-ring (bicyclic) bond motifs is 1. The molecule has 6 heteroatoms. The number of aromatic nitrogens is 2. The van der Waals surface area contributed by atoms with Gasteiger partial charge in [-0.3, -0.25) is 4.40 Å². The van der Waals surface area contributed by atoms with Gasteiger partial charge in [0.15, 0.2) is 4.96 Å². The minimum atomic E-state index is -0.00924. The molecule has 3 rings (SSSR count). The van der Waals surface area contributed by atoms with E-state index in [1.54, 1.807) is 23.1 Å². The predicted molar refractivity (Wildman–Crippen MR) is 77.3 cm³/mol. The van der Waals surface area contributed by atoms with Crippen molar-refractivity contribution in [2.45, 2.75) is 16.5 Å². The minimum absolute atomic E-state index is 0.00924. The van der Waals surface area contributed by atoms with Crippen LogP contribution in [0.25, 0.3) is 4.96 Å². The van der Waals surface area contributed by atoms with Gasteiger partial charge in [0.25, 0.3) is 0 Å². The maximum atomic E-state index is 9.49. The van der Waals surface area contributed by atoms with Gasteiger partial charge in [-0.2, -0.15) is 0 Å². The number of nitrogens with zero attached hydrogens (tertiary/aromatic N) is 2. The second-order valence-corrected chi connectivity index (χ2v) is 6.37. The average Bonchev–Trinajstić information content (AvgIpc) is 2.92. The van der Waals surface area contributed by atoms with Crippen LogP contribution in [0.15, 0.2) is 50.2 Å². The molecule has 92 valence electrons. The van der Waals surface area contributed by atoms with Gasteiger partial charge in [0.2, 0.25) is 0 Å². The quantitative estimate of drug-likeness (QED) is 0.787. The van der Waals surface area contributed by atoms with Crippen LogP contribution in [-0.4, -0.2) is 14.5 Å². The molecular formula is C12H9BrN2OS2. The standard InChI is InChI=1S/C12H9BrN2OS2/c13-8-3-1-2-4-10(8)18-11-9(7-16)15-5-6-17-12(15)14-11/h1-6,16H,7H2. The van der Waals surface area contributed by atoms with E-state index in [0.717, 1.165) is 25.0 Å². The third-order valence-electron chi connectivity index (χ3n) is 2.52. The zero-order chi connectivity index (χ0) is 12.5. The zero-order valence-corrected chi connectivity index (χ0v) is 12.4. The molecule has 0 unspecified atom stereocenters. The molecule has 0 spiro atoms. The number of hydrogen-bond donors (Lipinski definition) is 1. The molecule has 0 fully saturated rings. The van der Waals surface area contributed by atoms with Crippen molar-refractivity contribution in [3.05, 3.63) is 46.0 Å². The Hall–Kier alpha value is -0.820. The lowest BCUT2D eigenvalue weighted by Crippen LogP contribution is -1.90. The van der Waals surface area contributed by atoms with Crippen LogP contribution >= 0.6 is 39.0 Å². The van der Waals surface area contributed by atoms with E-state index in [0.29, 0.717) is 0 Å². The lowest BCUT2D eigenvalue weighted by atomic mass is 10.4. The van der Waals surface area contributed by atoms with E-state index >= 15 is 0 Å². The Kier molecular flexibility index (Phi) is 3.43. The zero-order valence-electron chi connectivity index (χ0n) is 9.21. The largest absolute Gasteiger partial charge is 0.390 e. The molecule has 0 aliphatic rings. The second kappa shape index (κ2) is 5.05. The molecule has 3 aromatic rings. The summed E-state index contributed by atoms with van der Waals surface area (Å²) in [6, 6.07) is 8.00. The Bertz CT molecular complexity index is 692. The molecule has 0 amide bonds. The average molecular weight is 341 g/mol. The minimum Gasteiger partial charge on any atom is -0.390 e. The summed E-state index contributed by atoms with van der Waals surface area (Å²) in [6.45, 7) is -0.00924. The first-order valence-corrected chi connectivity index (χ1v) is 7.76. The number of hydrogen-bond acceptors (Lipinski definition) is 4. The van der Waals surface area contributed by atoms with Gasteiger partial charge in [-0.05, 0) is 28.1 Å². The molecule has 1 N–H and O–H groups in total. The van der Waals surface area contributed by atoms with Crippen LogP contribution in [0, 0.1) is 0 Å². The highest BCUT2D eigenvalue weighted by atomic mass is 79.9. The number of benzene rings is 1. The number of imidazole rings is 1. The Labute approximate surface area is 121 Å². The first-order valence-electron chi connectivity index (χ1n) is 5.27. The molecule has 3 nitrogen and oxygen atoms in total. The fourth-order valence-electron chi connectivity index (χ4n) is 1.67. The lowest BCUT2D eigenvalue weighted by Gasteiger charge is -2.03. The summed E-state index contributed by atoms with van der Waals surface area (Å²) in [4.78, 5) is 6.55. The van der Waals surface area contributed by atoms with E-state index in [4.69, 9.17) is 0 Å². The third-order valence-corrected chi connectivity index (χ3v) is 5.32. The van der Waals surface area contributed by atoms with Crippen LogP contribution in [0.3, 0.4) is 0 Å². The summed E-state index contributed by atoms with van der Waals surface area (Å²) in [5, 5.41) is 12.3. The van der Waals surface area contributed by atoms with Crippen LogP contribution < -0.4 is 0 Å². The summed E-state index contributed by atoms with van der Waals surface area (Å²) >= 11 is 6.65. The number of rotatable bonds is 3. The molecule has 0 bridgehead atoms. The number of thiazole rings is 1. The first kappa shape index (κ1) is 12.2. The van der Waals surface area contributed by atoms with Gasteiger partial charge in [-0.1, -0.05) is 23.9 Å². The number of aliphatic hydroxyl groups is 1. The number of aliphatic hydroxyl groups excluding tert-OH is 1. The SMILES string of the molecule is OCc1c(Sc2ccccc2Br)nc2sccn12. The van der Waals surface area contributed by atoms with Gasteiger partial charge in [0.05, 0.1) is 12.3 Å². The first-order chi connectivity index (χ1) is 8.79. The summed E-state index contributed by atoms with van der Waals surface area (Å²) < 4.78 is 2.97. The van der Waals surface area contributed by atoms with Crippen LogP contribution in [0.2, 0.25) is 0 Å². The molecule has 0 radical (unpaired) electrons. The molecule has 0 saturated carbocycles. The molecule has 0 aliphatic heterocycles. The van der Waals surface area contributed by atoms with E-state index in [9.17, 15) is 5.11 Å². The molecule has 1 aromatic carbocycles. The molecule has 0 aliphatic carbocycles. The van der Waals surface area contributed by atoms with Crippen molar-refractivity contribution >= 4 is 44.0 Å². The van der Waals surface area contributed by atoms with Crippen LogP contribution in [-0.2, 0) is 6.61 Å². The highest BCUT2D eigenvalue weighted by Gasteiger charge is 2.14. The van der Waals surface area contributed by atoms with Gasteiger partial charge in [0.1, 0.15) is 5.03 Å². The van der Waals surface area contributed by atoms with Gasteiger partial charge in [0, 0.05) is 20.9 Å². The van der Waals surface area contributed by atoms with Gasteiger partial charge in [-0.25, -0.2) is 4.98 Å². The van der Waals surface area contributed by atoms with E-state index < -0.39 is 0 Å². The fourth-order valence-corrected chi connectivity index (χ4v) is 3.92. The smallest absolute Gasteiger partial charge is 0.195 e. The van der Waals surface area contributed by atoms with Crippen molar-refractivity contribution in [3.63, 3.8) is 0 Å². The van der Waals surface area contributed by atoms with Crippen LogP contribution in [0.1, 0.15) is 5.69 Å². The fraction of sp³-hybridized carbons (Fsp3) is 0.0833. The van der Waals surface area contributed by atoms with Crippen LogP contribution in [0.5, 0.6) is 0 Å². The van der Waals surface area contributed by atoms with Gasteiger partial charge in [-0.15, -0.1) is 11.3 Å². The van der Waals surface area contributed by atoms with Gasteiger partial charge < -0.3 is 5.11 Å². The Morgan fingerprint density at radius 1 is 1.39 bits per heavy atom. The third kappa shape index (κ3) is 2.09. The van der Waals surface area contributed by atoms with E-state index in [-0.39, 0.29) is 6.61 Å². The van der Waals surface area contributed by atoms with Crippen molar-refractivity contribution in [3.8, 4) is 0 Å². The molecular weight excluding hydrogens is 332 g/mol. The summed E-state index contributed by atoms with van der Waals surface area (Å²) in [6.07, 6.45) is 1.93. The molecule has 2 aromatic heterocycles. The number of halogens is 1. The maximum Gasteiger partial charge on any atom is 0.195 e. The highest BCUT2D eigenvalue weighted by molar-refractivity contribution is 9.10. The highest BCUT2D eigenvalue weighted by Crippen LogP contribution is 2.35. The van der Waals surface area contributed by atoms with Crippen molar-refractivity contribution in [1.29, 1.82) is 0 Å². The Morgan fingerprint density at radius 2 is 2.22 bits per heavy atom. The van der Waals surface area contributed by atoms with Crippen molar-refractivity contribution in [2.24, 2.45) is 0 Å². The summed E-state index contributed by atoms with van der Waals surface area (Å²) in [5.41, 5.74) is 0.840. The monoisotopic (exact) mass is 340 g/mol. The van der Waals surface area contributed by atoms with Gasteiger partial charge >= 0.3 is 0 Å².